The highest BCUT2D eigenvalue weighted by atomic mass is 19.3. The number of imidazole rings is 1. The maximum atomic E-state index is 12.8. The number of rotatable bonds is 2. The minimum Gasteiger partial charge on any atom is -0.399 e. The van der Waals surface area contributed by atoms with Gasteiger partial charge in [-0.1, -0.05) is 0 Å². The summed E-state index contributed by atoms with van der Waals surface area (Å²) < 4.78 is 38.1. The van der Waals surface area contributed by atoms with Gasteiger partial charge in [-0.05, 0) is 33.8 Å². The van der Waals surface area contributed by atoms with E-state index in [1.807, 2.05) is 27.7 Å². The van der Waals surface area contributed by atoms with Crippen molar-refractivity contribution >= 4 is 23.7 Å². The Balaban J connectivity index is 1.96. The molecule has 3 heterocycles. The Hall–Kier alpha value is -1.54. The fourth-order valence-electron chi connectivity index (χ4n) is 2.19. The van der Waals surface area contributed by atoms with Crippen molar-refractivity contribution in [3.05, 3.63) is 18.6 Å². The lowest BCUT2D eigenvalue weighted by atomic mass is 9.80. The molecule has 0 saturated carbocycles. The van der Waals surface area contributed by atoms with Gasteiger partial charge in [-0.2, -0.15) is 8.78 Å². The fraction of sp³-hybridized carbons (Fsp3) is 0.538. The molecule has 0 bridgehead atoms. The number of alkyl halides is 2. The molecule has 0 N–H and O–H groups in total. The maximum Gasteiger partial charge on any atom is 0.496 e. The van der Waals surface area contributed by atoms with Gasteiger partial charge in [0.25, 0.3) is 0 Å². The lowest BCUT2D eigenvalue weighted by molar-refractivity contribution is 0.00578. The van der Waals surface area contributed by atoms with Gasteiger partial charge in [0.2, 0.25) is 0 Å². The average molecular weight is 295 g/mol. The van der Waals surface area contributed by atoms with Crippen LogP contribution < -0.4 is 5.46 Å². The number of aromatic nitrogens is 3. The number of hydrogen-bond donors (Lipinski definition) is 0. The molecule has 0 radical (unpaired) electrons. The summed E-state index contributed by atoms with van der Waals surface area (Å²) in [7, 11) is -0.580. The van der Waals surface area contributed by atoms with Crippen molar-refractivity contribution in [2.75, 3.05) is 0 Å². The topological polar surface area (TPSA) is 49.2 Å². The summed E-state index contributed by atoms with van der Waals surface area (Å²) in [6.07, 6.45) is 2.57. The zero-order valence-electron chi connectivity index (χ0n) is 12.3. The highest BCUT2D eigenvalue weighted by molar-refractivity contribution is 6.62. The smallest absolute Gasteiger partial charge is 0.399 e. The van der Waals surface area contributed by atoms with Crippen LogP contribution in [-0.4, -0.2) is 32.9 Å². The molecule has 0 spiro atoms. The Morgan fingerprint density at radius 2 is 1.76 bits per heavy atom. The first kappa shape index (κ1) is 14.4. The molecule has 1 aliphatic rings. The van der Waals surface area contributed by atoms with Gasteiger partial charge >= 0.3 is 13.7 Å². The first-order valence-corrected chi connectivity index (χ1v) is 6.67. The van der Waals surface area contributed by atoms with Crippen molar-refractivity contribution in [1.29, 1.82) is 0 Å². The van der Waals surface area contributed by atoms with Gasteiger partial charge in [0, 0.05) is 11.7 Å². The monoisotopic (exact) mass is 295 g/mol. The number of hydrogen-bond acceptors (Lipinski definition) is 4. The molecular weight excluding hydrogens is 279 g/mol. The van der Waals surface area contributed by atoms with Crippen LogP contribution in [0.3, 0.4) is 0 Å². The third-order valence-corrected chi connectivity index (χ3v) is 4.17. The lowest BCUT2D eigenvalue weighted by Gasteiger charge is -2.32. The van der Waals surface area contributed by atoms with Crippen molar-refractivity contribution in [2.45, 2.75) is 45.4 Å². The Morgan fingerprint density at radius 1 is 1.14 bits per heavy atom. The maximum absolute atomic E-state index is 12.8. The van der Waals surface area contributed by atoms with Crippen LogP contribution in [-0.2, 0) is 9.31 Å². The van der Waals surface area contributed by atoms with E-state index in [2.05, 4.69) is 9.97 Å². The molecular formula is C13H16BF2N3O2. The standard InChI is InChI=1S/C13H16BF2N3O2/c1-12(2)13(3,4)21-14(20-12)8-5-9-10(17-6-8)19(7-18-9)11(15)16/h5-7,11H,1-4H3. The molecule has 5 nitrogen and oxygen atoms in total. The van der Waals surface area contributed by atoms with E-state index >= 15 is 0 Å². The predicted molar refractivity (Wildman–Crippen MR) is 74.5 cm³/mol. The van der Waals surface area contributed by atoms with Crippen molar-refractivity contribution in [3.63, 3.8) is 0 Å². The molecule has 21 heavy (non-hydrogen) atoms. The summed E-state index contributed by atoms with van der Waals surface area (Å²) in [5.41, 5.74) is 0.276. The number of fused-ring (bicyclic) bond motifs is 1. The van der Waals surface area contributed by atoms with E-state index in [0.717, 1.165) is 10.9 Å². The van der Waals surface area contributed by atoms with E-state index < -0.39 is 24.9 Å². The molecule has 1 saturated heterocycles. The van der Waals surface area contributed by atoms with Gasteiger partial charge < -0.3 is 9.31 Å². The molecule has 8 heteroatoms. The van der Waals surface area contributed by atoms with Crippen LogP contribution in [0.15, 0.2) is 18.6 Å². The quantitative estimate of drug-likeness (QED) is 0.796. The van der Waals surface area contributed by atoms with Crippen LogP contribution in [0.2, 0.25) is 0 Å². The molecule has 0 atom stereocenters. The molecule has 0 aliphatic carbocycles. The molecule has 1 aliphatic heterocycles. The summed E-state index contributed by atoms with van der Waals surface area (Å²) in [4.78, 5) is 8.02. The van der Waals surface area contributed by atoms with Crippen LogP contribution >= 0.6 is 0 Å². The largest absolute Gasteiger partial charge is 0.496 e. The lowest BCUT2D eigenvalue weighted by Crippen LogP contribution is -2.41. The van der Waals surface area contributed by atoms with Crippen molar-refractivity contribution in [1.82, 2.24) is 14.5 Å². The van der Waals surface area contributed by atoms with Gasteiger partial charge in [-0.25, -0.2) is 9.97 Å². The molecule has 0 aromatic carbocycles. The molecule has 0 unspecified atom stereocenters. The van der Waals surface area contributed by atoms with Crippen molar-refractivity contribution < 1.29 is 18.1 Å². The Labute approximate surface area is 121 Å². The summed E-state index contributed by atoms with van der Waals surface area (Å²) in [5.74, 6) is 0. The number of pyridine rings is 1. The number of halogens is 2. The summed E-state index contributed by atoms with van der Waals surface area (Å²) >= 11 is 0. The molecule has 112 valence electrons. The third kappa shape index (κ3) is 2.22. The van der Waals surface area contributed by atoms with E-state index in [-0.39, 0.29) is 5.65 Å². The second-order valence-corrected chi connectivity index (χ2v) is 6.13. The van der Waals surface area contributed by atoms with Crippen LogP contribution in [0.25, 0.3) is 11.2 Å². The second-order valence-electron chi connectivity index (χ2n) is 6.13. The normalized spacial score (nSPS) is 20.6. The second kappa shape index (κ2) is 4.48. The summed E-state index contributed by atoms with van der Waals surface area (Å²) in [6.45, 7) is 5.13. The average Bonchev–Trinajstić information content (AvgIpc) is 2.87. The van der Waals surface area contributed by atoms with Gasteiger partial charge in [0.15, 0.2) is 5.65 Å². The fourth-order valence-corrected chi connectivity index (χ4v) is 2.19. The summed E-state index contributed by atoms with van der Waals surface area (Å²) in [6, 6.07) is 1.67. The molecule has 1 fully saturated rings. The van der Waals surface area contributed by atoms with Crippen LogP contribution in [0.5, 0.6) is 0 Å². The molecule has 2 aromatic rings. The van der Waals surface area contributed by atoms with Crippen molar-refractivity contribution in [2.24, 2.45) is 0 Å². The SMILES string of the molecule is CC1(C)OB(c2cnc3c(c2)ncn3C(F)F)OC1(C)C. The van der Waals surface area contributed by atoms with E-state index in [4.69, 9.17) is 9.31 Å². The van der Waals surface area contributed by atoms with Gasteiger partial charge in [-0.3, -0.25) is 4.57 Å². The summed E-state index contributed by atoms with van der Waals surface area (Å²) in [5, 5.41) is 0. The first-order valence-electron chi connectivity index (χ1n) is 6.67. The molecule has 0 amide bonds. The Bertz CT molecular complexity index is 671. The molecule has 3 rings (SSSR count). The van der Waals surface area contributed by atoms with Gasteiger partial charge in [-0.15, -0.1) is 0 Å². The number of nitrogens with zero attached hydrogens (tertiary/aromatic N) is 3. The van der Waals surface area contributed by atoms with Crippen LogP contribution in [0, 0.1) is 0 Å². The highest BCUT2D eigenvalue weighted by Gasteiger charge is 2.51. The van der Waals surface area contributed by atoms with Crippen LogP contribution in [0.4, 0.5) is 8.78 Å². The van der Waals surface area contributed by atoms with E-state index in [1.54, 1.807) is 6.07 Å². The van der Waals surface area contributed by atoms with E-state index in [9.17, 15) is 8.78 Å². The Kier molecular flexibility index (Phi) is 3.07. The third-order valence-electron chi connectivity index (χ3n) is 4.17. The zero-order chi connectivity index (χ0) is 15.4. The minimum absolute atomic E-state index is 0.144. The zero-order valence-corrected chi connectivity index (χ0v) is 12.3. The van der Waals surface area contributed by atoms with E-state index in [0.29, 0.717) is 11.0 Å². The van der Waals surface area contributed by atoms with Crippen molar-refractivity contribution in [3.8, 4) is 0 Å². The molecule has 2 aromatic heterocycles. The predicted octanol–water partition coefficient (Wildman–Crippen LogP) is 2.13. The highest BCUT2D eigenvalue weighted by Crippen LogP contribution is 2.36. The van der Waals surface area contributed by atoms with Gasteiger partial charge in [0.05, 0.1) is 11.2 Å². The first-order chi connectivity index (χ1) is 9.71. The minimum atomic E-state index is -2.66. The van der Waals surface area contributed by atoms with E-state index in [1.165, 1.54) is 6.20 Å². The Morgan fingerprint density at radius 3 is 2.33 bits per heavy atom. The van der Waals surface area contributed by atoms with Gasteiger partial charge in [0.1, 0.15) is 11.8 Å². The van der Waals surface area contributed by atoms with Crippen LogP contribution in [0.1, 0.15) is 34.2 Å².